The Morgan fingerprint density at radius 3 is 2.12 bits per heavy atom. The molecule has 2 aliphatic carbocycles. The summed E-state index contributed by atoms with van der Waals surface area (Å²) in [6, 6.07) is 47.7. The molecule has 0 aliphatic heterocycles. The third-order valence-electron chi connectivity index (χ3n) is 11.0. The van der Waals surface area contributed by atoms with Gasteiger partial charge >= 0.3 is 6.01 Å². The van der Waals surface area contributed by atoms with Crippen LogP contribution >= 0.6 is 0 Å². The lowest BCUT2D eigenvalue weighted by Crippen LogP contribution is -2.03. The van der Waals surface area contributed by atoms with E-state index in [9.17, 15) is 0 Å². The number of rotatable bonds is 6. The minimum Gasteiger partial charge on any atom is -0.436 e. The number of oxazole rings is 2. The van der Waals surface area contributed by atoms with Gasteiger partial charge in [0.15, 0.2) is 28.6 Å². The number of benzene rings is 6. The second-order valence-corrected chi connectivity index (χ2v) is 14.5. The monoisotopic (exact) mass is 722 g/mol. The Kier molecular flexibility index (Phi) is 6.65. The summed E-state index contributed by atoms with van der Waals surface area (Å²) >= 11 is 0. The van der Waals surface area contributed by atoms with Crippen LogP contribution in [0.2, 0.25) is 0 Å². The van der Waals surface area contributed by atoms with Crippen LogP contribution in [0.25, 0.3) is 101 Å². The lowest BCUT2D eigenvalue weighted by molar-refractivity contribution is 0.574. The van der Waals surface area contributed by atoms with Gasteiger partial charge in [0.05, 0.1) is 11.0 Å². The standard InChI is InChI=1S/C48H30N6O2/c1-2-9-28(10-3-1)44-51-45(32-18-17-30-24-35(30)25-32)53-46(52-44)33-20-22-43-39(27-33)49-47(55-43)34-12-8-11-29(23-34)31-19-21-41-37(26-31)36-13-4-6-15-40(36)54(41)48-50-38-14-5-7-16-42(38)56-48/h1-23,25-27,30,35H,24H2/t30?,35-/m0/s1. The number of para-hydroxylation sites is 3. The van der Waals surface area contributed by atoms with Gasteiger partial charge in [0.1, 0.15) is 11.0 Å². The van der Waals surface area contributed by atoms with Gasteiger partial charge in [-0.05, 0) is 90.0 Å². The number of allylic oxidation sites excluding steroid dienone is 4. The highest BCUT2D eigenvalue weighted by Gasteiger charge is 2.35. The molecule has 1 unspecified atom stereocenters. The van der Waals surface area contributed by atoms with Crippen LogP contribution in [0.3, 0.4) is 0 Å². The highest BCUT2D eigenvalue weighted by molar-refractivity contribution is 6.10. The molecule has 12 rings (SSSR count). The molecule has 56 heavy (non-hydrogen) atoms. The van der Waals surface area contributed by atoms with E-state index in [-0.39, 0.29) is 0 Å². The third-order valence-corrected chi connectivity index (χ3v) is 11.0. The molecule has 1 fully saturated rings. The summed E-state index contributed by atoms with van der Waals surface area (Å²) in [4.78, 5) is 24.6. The molecule has 2 aliphatic rings. The maximum atomic E-state index is 6.37. The normalized spacial score (nSPS) is 16.2. The molecule has 4 heterocycles. The maximum absolute atomic E-state index is 6.37. The van der Waals surface area contributed by atoms with E-state index in [1.165, 1.54) is 6.42 Å². The van der Waals surface area contributed by atoms with E-state index < -0.39 is 0 Å². The fraction of sp³-hybridized carbons (Fsp3) is 0.0625. The second kappa shape index (κ2) is 12.0. The molecule has 0 saturated heterocycles. The topological polar surface area (TPSA) is 95.7 Å². The average Bonchev–Trinajstić information content (AvgIpc) is 3.54. The molecular formula is C48H30N6O2. The van der Waals surface area contributed by atoms with Crippen molar-refractivity contribution in [3.8, 4) is 51.4 Å². The van der Waals surface area contributed by atoms with Crippen LogP contribution in [-0.2, 0) is 0 Å². The molecule has 0 radical (unpaired) electrons. The van der Waals surface area contributed by atoms with Gasteiger partial charge in [0.2, 0.25) is 5.89 Å². The van der Waals surface area contributed by atoms with E-state index >= 15 is 0 Å². The highest BCUT2D eigenvalue weighted by atomic mass is 16.4. The summed E-state index contributed by atoms with van der Waals surface area (Å²) in [5, 5.41) is 2.24. The SMILES string of the molecule is C1=CC2C[C@H]2C=C1c1nc(-c2ccccc2)nc(-c2ccc3oc(-c4cccc(-c5ccc6c(c5)c5ccccc5n6-c5nc6ccccc6o5)c4)nc3c2)n1. The lowest BCUT2D eigenvalue weighted by Gasteiger charge is -2.10. The highest BCUT2D eigenvalue weighted by Crippen LogP contribution is 2.46. The summed E-state index contributed by atoms with van der Waals surface area (Å²) < 4.78 is 14.7. The van der Waals surface area contributed by atoms with E-state index in [0.717, 1.165) is 71.8 Å². The van der Waals surface area contributed by atoms with E-state index in [2.05, 4.69) is 71.3 Å². The van der Waals surface area contributed by atoms with Crippen molar-refractivity contribution >= 4 is 49.6 Å². The number of fused-ring (bicyclic) bond motifs is 6. The van der Waals surface area contributed by atoms with Crippen molar-refractivity contribution in [1.82, 2.24) is 29.5 Å². The van der Waals surface area contributed by atoms with Crippen LogP contribution in [0, 0.1) is 11.8 Å². The summed E-state index contributed by atoms with van der Waals surface area (Å²) in [6.07, 6.45) is 7.93. The first kappa shape index (κ1) is 31.0. The maximum Gasteiger partial charge on any atom is 0.307 e. The molecular weight excluding hydrogens is 693 g/mol. The quantitative estimate of drug-likeness (QED) is 0.169. The predicted molar refractivity (Wildman–Crippen MR) is 220 cm³/mol. The van der Waals surface area contributed by atoms with Crippen molar-refractivity contribution in [2.75, 3.05) is 0 Å². The Bertz CT molecular complexity index is 3230. The molecule has 0 N–H and O–H groups in total. The first-order valence-corrected chi connectivity index (χ1v) is 18.8. The number of hydrogen-bond donors (Lipinski definition) is 0. The number of nitrogens with zero attached hydrogens (tertiary/aromatic N) is 6. The molecule has 6 aromatic carbocycles. The van der Waals surface area contributed by atoms with Crippen LogP contribution in [0.1, 0.15) is 12.2 Å². The van der Waals surface area contributed by atoms with E-state index in [0.29, 0.717) is 46.8 Å². The van der Waals surface area contributed by atoms with Gasteiger partial charge in [-0.15, -0.1) is 0 Å². The van der Waals surface area contributed by atoms with Crippen molar-refractivity contribution < 1.29 is 8.83 Å². The smallest absolute Gasteiger partial charge is 0.307 e. The second-order valence-electron chi connectivity index (χ2n) is 14.5. The van der Waals surface area contributed by atoms with Crippen molar-refractivity contribution in [2.24, 2.45) is 11.8 Å². The van der Waals surface area contributed by atoms with Crippen molar-refractivity contribution in [3.05, 3.63) is 164 Å². The van der Waals surface area contributed by atoms with E-state index in [1.807, 2.05) is 91.0 Å². The van der Waals surface area contributed by atoms with Gasteiger partial charge in [0, 0.05) is 33.0 Å². The lowest BCUT2D eigenvalue weighted by atomic mass is 10.0. The zero-order chi connectivity index (χ0) is 36.7. The molecule has 0 spiro atoms. The van der Waals surface area contributed by atoms with Gasteiger partial charge in [0.25, 0.3) is 0 Å². The Morgan fingerprint density at radius 1 is 0.482 bits per heavy atom. The Balaban J connectivity index is 0.911. The predicted octanol–water partition coefficient (Wildman–Crippen LogP) is 11.5. The fourth-order valence-electron chi connectivity index (χ4n) is 8.00. The fourth-order valence-corrected chi connectivity index (χ4v) is 8.00. The Morgan fingerprint density at radius 2 is 1.21 bits per heavy atom. The number of hydrogen-bond acceptors (Lipinski definition) is 7. The third kappa shape index (κ3) is 5.10. The first-order chi connectivity index (χ1) is 27.7. The summed E-state index contributed by atoms with van der Waals surface area (Å²) in [7, 11) is 0. The summed E-state index contributed by atoms with van der Waals surface area (Å²) in [5.74, 6) is 3.70. The molecule has 2 atom stereocenters. The van der Waals surface area contributed by atoms with Crippen molar-refractivity contribution in [2.45, 2.75) is 6.42 Å². The average molecular weight is 723 g/mol. The Labute approximate surface area is 320 Å². The van der Waals surface area contributed by atoms with Crippen LogP contribution in [0.15, 0.2) is 167 Å². The van der Waals surface area contributed by atoms with E-state index in [4.69, 9.17) is 33.8 Å². The molecule has 8 heteroatoms. The van der Waals surface area contributed by atoms with Crippen LogP contribution in [0.4, 0.5) is 0 Å². The zero-order valence-corrected chi connectivity index (χ0v) is 29.9. The van der Waals surface area contributed by atoms with Crippen LogP contribution in [-0.4, -0.2) is 29.5 Å². The van der Waals surface area contributed by atoms with Crippen molar-refractivity contribution in [3.63, 3.8) is 0 Å². The molecule has 0 bridgehead atoms. The first-order valence-electron chi connectivity index (χ1n) is 18.8. The molecule has 264 valence electrons. The van der Waals surface area contributed by atoms with Crippen molar-refractivity contribution in [1.29, 1.82) is 0 Å². The van der Waals surface area contributed by atoms with Gasteiger partial charge in [-0.25, -0.2) is 19.9 Å². The molecule has 1 saturated carbocycles. The van der Waals surface area contributed by atoms with Gasteiger partial charge in [-0.2, -0.15) is 4.98 Å². The molecule has 10 aromatic rings. The Hall–Kier alpha value is -7.45. The van der Waals surface area contributed by atoms with Gasteiger partial charge < -0.3 is 8.83 Å². The summed E-state index contributed by atoms with van der Waals surface area (Å²) in [5.41, 5.74) is 10.9. The summed E-state index contributed by atoms with van der Waals surface area (Å²) in [6.45, 7) is 0. The van der Waals surface area contributed by atoms with Crippen LogP contribution < -0.4 is 0 Å². The minimum absolute atomic E-state index is 0.547. The molecule has 4 aromatic heterocycles. The van der Waals surface area contributed by atoms with Crippen LogP contribution in [0.5, 0.6) is 0 Å². The minimum atomic E-state index is 0.547. The van der Waals surface area contributed by atoms with E-state index in [1.54, 1.807) is 0 Å². The van der Waals surface area contributed by atoms with Gasteiger partial charge in [-0.3, -0.25) is 4.57 Å². The largest absolute Gasteiger partial charge is 0.436 e. The zero-order valence-electron chi connectivity index (χ0n) is 29.9. The molecule has 8 nitrogen and oxygen atoms in total. The molecule has 0 amide bonds. The number of aromatic nitrogens is 6. The van der Waals surface area contributed by atoms with Gasteiger partial charge in [-0.1, -0.05) is 97.1 Å².